The number of anilines is 1. The third-order valence-corrected chi connectivity index (χ3v) is 2.26. The Morgan fingerprint density at radius 1 is 1.33 bits per heavy atom. The average Bonchev–Trinajstić information content (AvgIpc) is 2.26. The van der Waals surface area contributed by atoms with Gasteiger partial charge in [0, 0.05) is 7.05 Å². The van der Waals surface area contributed by atoms with Crippen molar-refractivity contribution in [2.24, 2.45) is 0 Å². The Morgan fingerprint density at radius 3 is 2.67 bits per heavy atom. The molecular weight excluding hydrogens is 190 g/mol. The molecule has 0 aromatic heterocycles. The molecule has 0 bridgehead atoms. The SMILES string of the molecule is CC.Cc1cccc2c1N(C)C(=O)CO2. The fraction of sp³-hybridized carbons (Fsp3) is 0.417. The van der Waals surface area contributed by atoms with Gasteiger partial charge < -0.3 is 9.64 Å². The van der Waals surface area contributed by atoms with E-state index in [4.69, 9.17) is 4.74 Å². The molecule has 0 radical (unpaired) electrons. The van der Waals surface area contributed by atoms with Crippen LogP contribution in [0.3, 0.4) is 0 Å². The molecule has 82 valence electrons. The number of aryl methyl sites for hydroxylation is 1. The number of hydrogen-bond donors (Lipinski definition) is 0. The molecule has 15 heavy (non-hydrogen) atoms. The molecule has 0 saturated carbocycles. The molecule has 0 aliphatic carbocycles. The molecule has 1 aromatic carbocycles. The number of likely N-dealkylation sites (N-methyl/N-ethyl adjacent to an activating group) is 1. The van der Waals surface area contributed by atoms with Crippen molar-refractivity contribution in [1.82, 2.24) is 0 Å². The van der Waals surface area contributed by atoms with Crippen molar-refractivity contribution in [2.75, 3.05) is 18.6 Å². The first-order valence-corrected chi connectivity index (χ1v) is 5.19. The Kier molecular flexibility index (Phi) is 3.72. The highest BCUT2D eigenvalue weighted by atomic mass is 16.5. The lowest BCUT2D eigenvalue weighted by molar-refractivity contribution is -0.121. The number of amides is 1. The number of rotatable bonds is 0. The van der Waals surface area contributed by atoms with Crippen LogP contribution in [0.4, 0.5) is 5.69 Å². The highest BCUT2D eigenvalue weighted by Gasteiger charge is 2.22. The Hall–Kier alpha value is -1.51. The Labute approximate surface area is 90.7 Å². The maximum atomic E-state index is 11.3. The number of benzene rings is 1. The van der Waals surface area contributed by atoms with E-state index in [9.17, 15) is 4.79 Å². The predicted molar refractivity (Wildman–Crippen MR) is 61.4 cm³/mol. The van der Waals surface area contributed by atoms with Crippen LogP contribution in [-0.2, 0) is 4.79 Å². The van der Waals surface area contributed by atoms with Gasteiger partial charge in [0.1, 0.15) is 5.75 Å². The van der Waals surface area contributed by atoms with Crippen LogP contribution < -0.4 is 9.64 Å². The van der Waals surface area contributed by atoms with E-state index in [1.807, 2.05) is 39.0 Å². The molecule has 0 unspecified atom stereocenters. The summed E-state index contributed by atoms with van der Waals surface area (Å²) in [5.74, 6) is 0.795. The van der Waals surface area contributed by atoms with Crippen molar-refractivity contribution < 1.29 is 9.53 Å². The standard InChI is InChI=1S/C10H11NO2.C2H6/c1-7-4-3-5-8-10(7)11(2)9(12)6-13-8;1-2/h3-5H,6H2,1-2H3;1-2H3. The smallest absolute Gasteiger partial charge is 0.264 e. The molecule has 3 heteroatoms. The van der Waals surface area contributed by atoms with Gasteiger partial charge >= 0.3 is 0 Å². The van der Waals surface area contributed by atoms with Gasteiger partial charge in [0.25, 0.3) is 5.91 Å². The van der Waals surface area contributed by atoms with Gasteiger partial charge in [0.2, 0.25) is 0 Å². The van der Waals surface area contributed by atoms with E-state index in [-0.39, 0.29) is 12.5 Å². The van der Waals surface area contributed by atoms with Crippen LogP contribution in [0.25, 0.3) is 0 Å². The van der Waals surface area contributed by atoms with Gasteiger partial charge in [-0.2, -0.15) is 0 Å². The van der Waals surface area contributed by atoms with Gasteiger partial charge in [0.05, 0.1) is 5.69 Å². The number of nitrogens with zero attached hydrogens (tertiary/aromatic N) is 1. The van der Waals surface area contributed by atoms with Crippen LogP contribution in [-0.4, -0.2) is 19.6 Å². The van der Waals surface area contributed by atoms with Gasteiger partial charge in [0.15, 0.2) is 6.61 Å². The van der Waals surface area contributed by atoms with Crippen LogP contribution in [0.5, 0.6) is 5.75 Å². The summed E-state index contributed by atoms with van der Waals surface area (Å²) in [6.45, 7) is 6.12. The van der Waals surface area contributed by atoms with E-state index in [1.54, 1.807) is 11.9 Å². The van der Waals surface area contributed by atoms with Crippen molar-refractivity contribution in [2.45, 2.75) is 20.8 Å². The van der Waals surface area contributed by atoms with Gasteiger partial charge in [-0.25, -0.2) is 0 Å². The molecule has 2 rings (SSSR count). The number of carbonyl (C=O) groups excluding carboxylic acids is 1. The summed E-state index contributed by atoms with van der Waals surface area (Å²) in [5.41, 5.74) is 1.95. The normalized spacial score (nSPS) is 13.6. The highest BCUT2D eigenvalue weighted by Crippen LogP contribution is 2.33. The summed E-state index contributed by atoms with van der Waals surface area (Å²) in [7, 11) is 1.77. The van der Waals surface area contributed by atoms with Crippen molar-refractivity contribution >= 4 is 11.6 Å². The summed E-state index contributed by atoms with van der Waals surface area (Å²) >= 11 is 0. The largest absolute Gasteiger partial charge is 0.482 e. The van der Waals surface area contributed by atoms with E-state index < -0.39 is 0 Å². The first-order chi connectivity index (χ1) is 7.20. The molecule has 1 aliphatic heterocycles. The van der Waals surface area contributed by atoms with Gasteiger partial charge in [-0.15, -0.1) is 0 Å². The molecule has 1 amide bonds. The van der Waals surface area contributed by atoms with E-state index in [2.05, 4.69) is 0 Å². The minimum absolute atomic E-state index is 0.00167. The van der Waals surface area contributed by atoms with Crippen LogP contribution in [0.1, 0.15) is 19.4 Å². The second kappa shape index (κ2) is 4.82. The predicted octanol–water partition coefficient (Wildman–Crippen LogP) is 2.38. The molecule has 1 aromatic rings. The van der Waals surface area contributed by atoms with Crippen molar-refractivity contribution in [3.05, 3.63) is 23.8 Å². The van der Waals surface area contributed by atoms with Crippen LogP contribution in [0, 0.1) is 6.92 Å². The van der Waals surface area contributed by atoms with E-state index >= 15 is 0 Å². The van der Waals surface area contributed by atoms with Crippen molar-refractivity contribution in [3.8, 4) is 5.75 Å². The fourth-order valence-corrected chi connectivity index (χ4v) is 1.54. The number of ether oxygens (including phenoxy) is 1. The second-order valence-electron chi connectivity index (χ2n) is 3.16. The molecular formula is C12H17NO2. The van der Waals surface area contributed by atoms with Crippen molar-refractivity contribution in [3.63, 3.8) is 0 Å². The summed E-state index contributed by atoms with van der Waals surface area (Å²) in [4.78, 5) is 13.0. The third kappa shape index (κ3) is 2.12. The molecule has 0 spiro atoms. The average molecular weight is 207 g/mol. The number of carbonyl (C=O) groups is 1. The maximum absolute atomic E-state index is 11.3. The second-order valence-corrected chi connectivity index (χ2v) is 3.16. The molecule has 0 atom stereocenters. The molecule has 0 saturated heterocycles. The van der Waals surface area contributed by atoms with Crippen LogP contribution >= 0.6 is 0 Å². The number of para-hydroxylation sites is 1. The molecule has 1 heterocycles. The minimum atomic E-state index is 0.00167. The summed E-state index contributed by atoms with van der Waals surface area (Å²) < 4.78 is 5.30. The zero-order chi connectivity index (χ0) is 11.4. The van der Waals surface area contributed by atoms with Crippen LogP contribution in [0.2, 0.25) is 0 Å². The molecule has 3 nitrogen and oxygen atoms in total. The third-order valence-electron chi connectivity index (χ3n) is 2.26. The number of hydrogen-bond acceptors (Lipinski definition) is 2. The Balaban J connectivity index is 0.000000531. The van der Waals surface area contributed by atoms with Crippen LogP contribution in [0.15, 0.2) is 18.2 Å². The highest BCUT2D eigenvalue weighted by molar-refractivity contribution is 5.98. The molecule has 0 N–H and O–H groups in total. The molecule has 0 fully saturated rings. The topological polar surface area (TPSA) is 29.5 Å². The van der Waals surface area contributed by atoms with Crippen molar-refractivity contribution in [1.29, 1.82) is 0 Å². The summed E-state index contributed by atoms with van der Waals surface area (Å²) in [6.07, 6.45) is 0. The lowest BCUT2D eigenvalue weighted by Crippen LogP contribution is -2.35. The van der Waals surface area contributed by atoms with E-state index in [0.29, 0.717) is 0 Å². The maximum Gasteiger partial charge on any atom is 0.264 e. The van der Waals surface area contributed by atoms with Gasteiger partial charge in [-0.3, -0.25) is 4.79 Å². The minimum Gasteiger partial charge on any atom is -0.482 e. The lowest BCUT2D eigenvalue weighted by Gasteiger charge is -2.27. The monoisotopic (exact) mass is 207 g/mol. The summed E-state index contributed by atoms with van der Waals surface area (Å²) in [5, 5.41) is 0. The van der Waals surface area contributed by atoms with E-state index in [0.717, 1.165) is 17.0 Å². The first kappa shape index (κ1) is 11.6. The Bertz CT molecular complexity index is 361. The first-order valence-electron chi connectivity index (χ1n) is 5.19. The lowest BCUT2D eigenvalue weighted by atomic mass is 10.1. The van der Waals surface area contributed by atoms with Gasteiger partial charge in [-0.05, 0) is 18.6 Å². The zero-order valence-electron chi connectivity index (χ0n) is 9.70. The quantitative estimate of drug-likeness (QED) is 0.653. The van der Waals surface area contributed by atoms with Gasteiger partial charge in [-0.1, -0.05) is 26.0 Å². The fourth-order valence-electron chi connectivity index (χ4n) is 1.54. The molecule has 1 aliphatic rings. The Morgan fingerprint density at radius 2 is 2.00 bits per heavy atom. The summed E-state index contributed by atoms with van der Waals surface area (Å²) in [6, 6.07) is 5.78. The zero-order valence-corrected chi connectivity index (χ0v) is 9.70. The van der Waals surface area contributed by atoms with E-state index in [1.165, 1.54) is 0 Å². The number of fused-ring (bicyclic) bond motifs is 1.